The van der Waals surface area contributed by atoms with E-state index in [0.29, 0.717) is 6.04 Å². The van der Waals surface area contributed by atoms with Crippen LogP contribution in [-0.4, -0.2) is 62.2 Å². The SMILES string of the molecule is CCCC1CCC(NC)C(N2CCCC(N(C)C)C2)C1. The standard InChI is InChI=1S/C17H35N3/c1-5-7-14-9-10-16(18-2)17(12-14)20-11-6-8-15(13-20)19(3)4/h14-18H,5-13H2,1-4H3. The Morgan fingerprint density at radius 1 is 1.20 bits per heavy atom. The molecule has 2 fully saturated rings. The van der Waals surface area contributed by atoms with Crippen molar-refractivity contribution in [2.24, 2.45) is 5.92 Å². The second-order valence-corrected chi connectivity index (χ2v) is 7.18. The van der Waals surface area contributed by atoms with Crippen molar-refractivity contribution in [3.63, 3.8) is 0 Å². The second kappa shape index (κ2) is 7.77. The monoisotopic (exact) mass is 281 g/mol. The Hall–Kier alpha value is -0.120. The zero-order valence-corrected chi connectivity index (χ0v) is 14.1. The van der Waals surface area contributed by atoms with E-state index in [1.807, 2.05) is 0 Å². The van der Waals surface area contributed by atoms with Gasteiger partial charge in [0.1, 0.15) is 0 Å². The van der Waals surface area contributed by atoms with E-state index < -0.39 is 0 Å². The van der Waals surface area contributed by atoms with Crippen molar-refractivity contribution < 1.29 is 0 Å². The minimum Gasteiger partial charge on any atom is -0.315 e. The van der Waals surface area contributed by atoms with Crippen LogP contribution >= 0.6 is 0 Å². The molecule has 1 N–H and O–H groups in total. The van der Waals surface area contributed by atoms with Crippen LogP contribution in [0.25, 0.3) is 0 Å². The minimum atomic E-state index is 0.712. The first kappa shape index (κ1) is 16.3. The molecule has 2 aliphatic rings. The van der Waals surface area contributed by atoms with E-state index in [4.69, 9.17) is 0 Å². The van der Waals surface area contributed by atoms with Gasteiger partial charge in [0.15, 0.2) is 0 Å². The van der Waals surface area contributed by atoms with Gasteiger partial charge in [-0.1, -0.05) is 19.8 Å². The summed E-state index contributed by atoms with van der Waals surface area (Å²) in [4.78, 5) is 5.23. The zero-order valence-electron chi connectivity index (χ0n) is 14.1. The van der Waals surface area contributed by atoms with Crippen LogP contribution in [0.5, 0.6) is 0 Å². The van der Waals surface area contributed by atoms with E-state index >= 15 is 0 Å². The third-order valence-electron chi connectivity index (χ3n) is 5.62. The van der Waals surface area contributed by atoms with Crippen LogP contribution in [-0.2, 0) is 0 Å². The van der Waals surface area contributed by atoms with E-state index in [2.05, 4.69) is 43.2 Å². The molecule has 20 heavy (non-hydrogen) atoms. The van der Waals surface area contributed by atoms with Gasteiger partial charge in [-0.05, 0) is 65.7 Å². The fraction of sp³-hybridized carbons (Fsp3) is 1.00. The fourth-order valence-electron chi connectivity index (χ4n) is 4.35. The number of piperidine rings is 1. The number of likely N-dealkylation sites (tertiary alicyclic amines) is 1. The number of hydrogen-bond donors (Lipinski definition) is 1. The quantitative estimate of drug-likeness (QED) is 0.835. The molecule has 0 aromatic rings. The maximum absolute atomic E-state index is 3.60. The van der Waals surface area contributed by atoms with Crippen molar-refractivity contribution in [1.29, 1.82) is 0 Å². The van der Waals surface area contributed by atoms with Crippen LogP contribution in [0.3, 0.4) is 0 Å². The molecule has 0 spiro atoms. The highest BCUT2D eigenvalue weighted by molar-refractivity contribution is 4.93. The number of nitrogens with one attached hydrogen (secondary N) is 1. The van der Waals surface area contributed by atoms with Gasteiger partial charge in [0, 0.05) is 24.7 Å². The average molecular weight is 281 g/mol. The number of rotatable bonds is 5. The fourth-order valence-corrected chi connectivity index (χ4v) is 4.35. The van der Waals surface area contributed by atoms with Gasteiger partial charge in [0.25, 0.3) is 0 Å². The highest BCUT2D eigenvalue weighted by atomic mass is 15.2. The van der Waals surface area contributed by atoms with Crippen molar-refractivity contribution in [2.75, 3.05) is 34.2 Å². The van der Waals surface area contributed by atoms with Crippen LogP contribution < -0.4 is 5.32 Å². The Morgan fingerprint density at radius 3 is 2.65 bits per heavy atom. The molecule has 0 bridgehead atoms. The molecular formula is C17H35N3. The number of hydrogen-bond acceptors (Lipinski definition) is 3. The number of nitrogens with zero attached hydrogens (tertiary/aromatic N) is 2. The summed E-state index contributed by atoms with van der Waals surface area (Å²) >= 11 is 0. The maximum atomic E-state index is 3.60. The summed E-state index contributed by atoms with van der Waals surface area (Å²) in [5, 5.41) is 3.60. The summed E-state index contributed by atoms with van der Waals surface area (Å²) in [6.45, 7) is 4.92. The number of likely N-dealkylation sites (N-methyl/N-ethyl adjacent to an activating group) is 2. The van der Waals surface area contributed by atoms with Gasteiger partial charge in [-0.15, -0.1) is 0 Å². The first-order valence-electron chi connectivity index (χ1n) is 8.73. The van der Waals surface area contributed by atoms with Gasteiger partial charge < -0.3 is 10.2 Å². The van der Waals surface area contributed by atoms with Crippen molar-refractivity contribution in [2.45, 2.75) is 70.0 Å². The van der Waals surface area contributed by atoms with E-state index in [1.165, 1.54) is 58.0 Å². The summed E-state index contributed by atoms with van der Waals surface area (Å²) in [6, 6.07) is 2.24. The van der Waals surface area contributed by atoms with E-state index in [1.54, 1.807) is 0 Å². The summed E-state index contributed by atoms with van der Waals surface area (Å²) in [5.74, 6) is 0.967. The average Bonchev–Trinajstić information content (AvgIpc) is 2.47. The van der Waals surface area contributed by atoms with Crippen LogP contribution in [0.4, 0.5) is 0 Å². The topological polar surface area (TPSA) is 18.5 Å². The van der Waals surface area contributed by atoms with Gasteiger partial charge in [0.05, 0.1) is 0 Å². The molecule has 3 nitrogen and oxygen atoms in total. The largest absolute Gasteiger partial charge is 0.315 e. The van der Waals surface area contributed by atoms with Crippen LogP contribution in [0, 0.1) is 5.92 Å². The predicted octanol–water partition coefficient (Wildman–Crippen LogP) is 2.57. The summed E-state index contributed by atoms with van der Waals surface area (Å²) in [7, 11) is 6.64. The van der Waals surface area contributed by atoms with Gasteiger partial charge >= 0.3 is 0 Å². The van der Waals surface area contributed by atoms with Gasteiger partial charge in [0.2, 0.25) is 0 Å². The Kier molecular flexibility index (Phi) is 6.31. The predicted molar refractivity (Wildman–Crippen MR) is 87.2 cm³/mol. The van der Waals surface area contributed by atoms with Crippen molar-refractivity contribution in [3.05, 3.63) is 0 Å². The molecule has 1 aliphatic heterocycles. The normalized spacial score (nSPS) is 36.5. The first-order chi connectivity index (χ1) is 9.65. The molecular weight excluding hydrogens is 246 g/mol. The second-order valence-electron chi connectivity index (χ2n) is 7.18. The molecule has 3 heteroatoms. The molecule has 0 radical (unpaired) electrons. The lowest BCUT2D eigenvalue weighted by atomic mass is 9.79. The molecule has 0 aromatic heterocycles. The zero-order chi connectivity index (χ0) is 14.5. The lowest BCUT2D eigenvalue weighted by Gasteiger charge is -2.46. The Labute approximate surface area is 126 Å². The Bertz CT molecular complexity index is 279. The van der Waals surface area contributed by atoms with Crippen LogP contribution in [0.1, 0.15) is 51.9 Å². The third-order valence-corrected chi connectivity index (χ3v) is 5.62. The molecule has 1 aliphatic carbocycles. The molecule has 1 saturated carbocycles. The summed E-state index contributed by atoms with van der Waals surface area (Å²) in [6.07, 6.45) is 9.74. The Balaban J connectivity index is 1.98. The molecule has 118 valence electrons. The molecule has 1 heterocycles. The minimum absolute atomic E-state index is 0.712. The molecule has 4 atom stereocenters. The van der Waals surface area contributed by atoms with Gasteiger partial charge in [-0.25, -0.2) is 0 Å². The van der Waals surface area contributed by atoms with Gasteiger partial charge in [-0.3, -0.25) is 4.90 Å². The smallest absolute Gasteiger partial charge is 0.0252 e. The highest BCUT2D eigenvalue weighted by Crippen LogP contribution is 2.32. The van der Waals surface area contributed by atoms with Crippen molar-refractivity contribution >= 4 is 0 Å². The lowest BCUT2D eigenvalue weighted by Crippen LogP contribution is -2.57. The maximum Gasteiger partial charge on any atom is 0.0252 e. The van der Waals surface area contributed by atoms with Crippen molar-refractivity contribution in [3.8, 4) is 0 Å². The van der Waals surface area contributed by atoms with Crippen molar-refractivity contribution in [1.82, 2.24) is 15.1 Å². The lowest BCUT2D eigenvalue weighted by molar-refractivity contribution is 0.0473. The molecule has 1 saturated heterocycles. The molecule has 0 aromatic carbocycles. The highest BCUT2D eigenvalue weighted by Gasteiger charge is 2.35. The summed E-state index contributed by atoms with van der Waals surface area (Å²) < 4.78 is 0. The molecule has 2 rings (SSSR count). The molecule has 4 unspecified atom stereocenters. The van der Waals surface area contributed by atoms with Crippen LogP contribution in [0.2, 0.25) is 0 Å². The summed E-state index contributed by atoms with van der Waals surface area (Å²) in [5.41, 5.74) is 0. The first-order valence-corrected chi connectivity index (χ1v) is 8.73. The van der Waals surface area contributed by atoms with E-state index in [0.717, 1.165) is 18.0 Å². The molecule has 0 amide bonds. The van der Waals surface area contributed by atoms with E-state index in [9.17, 15) is 0 Å². The van der Waals surface area contributed by atoms with Crippen LogP contribution in [0.15, 0.2) is 0 Å². The van der Waals surface area contributed by atoms with Gasteiger partial charge in [-0.2, -0.15) is 0 Å². The Morgan fingerprint density at radius 2 is 2.00 bits per heavy atom. The third kappa shape index (κ3) is 3.96. The van der Waals surface area contributed by atoms with E-state index in [-0.39, 0.29) is 0 Å².